The van der Waals surface area contributed by atoms with Crippen LogP contribution in [-0.2, 0) is 25.5 Å². The lowest BCUT2D eigenvalue weighted by Gasteiger charge is -2.36. The van der Waals surface area contributed by atoms with E-state index in [4.69, 9.17) is 9.84 Å². The van der Waals surface area contributed by atoms with E-state index in [1.807, 2.05) is 41.0 Å². The van der Waals surface area contributed by atoms with Crippen molar-refractivity contribution in [3.8, 4) is 0 Å². The minimum atomic E-state index is -0.907. The lowest BCUT2D eigenvalue weighted by Crippen LogP contribution is -2.51. The Morgan fingerprint density at radius 1 is 1.00 bits per heavy atom. The summed E-state index contributed by atoms with van der Waals surface area (Å²) in [6, 6.07) is 8.01. The second-order valence-electron chi connectivity index (χ2n) is 7.92. The van der Waals surface area contributed by atoms with Crippen molar-refractivity contribution in [1.82, 2.24) is 14.7 Å². The predicted molar refractivity (Wildman–Crippen MR) is 115 cm³/mol. The fraction of sp³-hybridized carbons (Fsp3) is 0.591. The standard InChI is InChI=1S/C22H33N3O6/c1-18-2-4-19(5-3-18)14-20-15-23(8-11-26)6-7-24(16-21(27)28)9-12-31-13-10-25(20)17-22(29)30/h2-5,11,20H,6-10,12-17H2,1H3,(H,27,28)(H,29,30). The van der Waals surface area contributed by atoms with Crippen LogP contribution in [0.5, 0.6) is 0 Å². The Morgan fingerprint density at radius 2 is 1.65 bits per heavy atom. The molecule has 2 N–H and O–H groups in total. The summed E-state index contributed by atoms with van der Waals surface area (Å²) in [5.41, 5.74) is 2.25. The maximum atomic E-state index is 11.5. The van der Waals surface area contributed by atoms with Gasteiger partial charge in [0.05, 0.1) is 32.8 Å². The number of ether oxygens (including phenoxy) is 1. The monoisotopic (exact) mass is 435 g/mol. The van der Waals surface area contributed by atoms with E-state index < -0.39 is 11.9 Å². The van der Waals surface area contributed by atoms with E-state index in [2.05, 4.69) is 0 Å². The molecule has 31 heavy (non-hydrogen) atoms. The van der Waals surface area contributed by atoms with Gasteiger partial charge in [-0.3, -0.25) is 24.3 Å². The van der Waals surface area contributed by atoms with Crippen LogP contribution >= 0.6 is 0 Å². The van der Waals surface area contributed by atoms with Gasteiger partial charge in [0.2, 0.25) is 0 Å². The molecule has 0 aromatic heterocycles. The summed E-state index contributed by atoms with van der Waals surface area (Å²) in [7, 11) is 0. The molecule has 1 aliphatic heterocycles. The molecule has 1 aromatic carbocycles. The predicted octanol–water partition coefficient (Wildman–Crippen LogP) is 0.210. The first-order valence-corrected chi connectivity index (χ1v) is 10.6. The first kappa shape index (κ1) is 24.9. The third-order valence-corrected chi connectivity index (χ3v) is 5.41. The fourth-order valence-electron chi connectivity index (χ4n) is 3.75. The van der Waals surface area contributed by atoms with Gasteiger partial charge < -0.3 is 19.7 Å². The van der Waals surface area contributed by atoms with E-state index in [0.717, 1.165) is 17.4 Å². The Hall–Kier alpha value is -2.33. The zero-order valence-electron chi connectivity index (χ0n) is 18.1. The first-order valence-electron chi connectivity index (χ1n) is 10.6. The number of hydrogen-bond donors (Lipinski definition) is 2. The number of hydrogen-bond acceptors (Lipinski definition) is 7. The van der Waals surface area contributed by atoms with E-state index in [1.54, 1.807) is 4.90 Å². The van der Waals surface area contributed by atoms with Crippen LogP contribution in [0.25, 0.3) is 0 Å². The normalized spacial score (nSPS) is 20.5. The van der Waals surface area contributed by atoms with Crippen molar-refractivity contribution in [2.24, 2.45) is 0 Å². The highest BCUT2D eigenvalue weighted by atomic mass is 16.5. The van der Waals surface area contributed by atoms with Gasteiger partial charge in [-0.1, -0.05) is 29.8 Å². The van der Waals surface area contributed by atoms with E-state index in [0.29, 0.717) is 52.4 Å². The Kier molecular flexibility index (Phi) is 10.6. The van der Waals surface area contributed by atoms with Crippen molar-refractivity contribution in [3.05, 3.63) is 35.4 Å². The van der Waals surface area contributed by atoms with Crippen molar-refractivity contribution in [3.63, 3.8) is 0 Å². The van der Waals surface area contributed by atoms with Crippen LogP contribution in [-0.4, -0.2) is 115 Å². The molecule has 2 rings (SSSR count). The largest absolute Gasteiger partial charge is 0.480 e. The van der Waals surface area contributed by atoms with Gasteiger partial charge in [0.25, 0.3) is 0 Å². The molecule has 0 saturated carbocycles. The summed E-state index contributed by atoms with van der Waals surface area (Å²) in [4.78, 5) is 39.6. The van der Waals surface area contributed by atoms with Gasteiger partial charge >= 0.3 is 11.9 Å². The number of benzene rings is 1. The molecule has 1 atom stereocenters. The number of rotatable bonds is 8. The second-order valence-corrected chi connectivity index (χ2v) is 7.92. The molecular formula is C22H33N3O6. The molecule has 1 unspecified atom stereocenters. The summed E-state index contributed by atoms with van der Waals surface area (Å²) in [6.07, 6.45) is 1.47. The Balaban J connectivity index is 2.22. The molecule has 1 aromatic rings. The molecule has 172 valence electrons. The number of nitrogens with zero attached hydrogens (tertiary/aromatic N) is 3. The average Bonchev–Trinajstić information content (AvgIpc) is 2.70. The van der Waals surface area contributed by atoms with E-state index >= 15 is 0 Å². The molecule has 1 aliphatic rings. The molecule has 0 spiro atoms. The Morgan fingerprint density at radius 3 is 2.29 bits per heavy atom. The Labute approximate surface area is 183 Å². The second kappa shape index (κ2) is 13.2. The maximum Gasteiger partial charge on any atom is 0.317 e. The molecule has 0 radical (unpaired) electrons. The number of carboxylic acids is 2. The third kappa shape index (κ3) is 9.56. The van der Waals surface area contributed by atoms with Crippen LogP contribution in [0.2, 0.25) is 0 Å². The number of aryl methyl sites for hydroxylation is 1. The van der Waals surface area contributed by atoms with Gasteiger partial charge in [-0.2, -0.15) is 0 Å². The van der Waals surface area contributed by atoms with E-state index in [9.17, 15) is 19.5 Å². The first-order chi connectivity index (χ1) is 14.9. The highest BCUT2D eigenvalue weighted by Gasteiger charge is 2.25. The van der Waals surface area contributed by atoms with Crippen molar-refractivity contribution < 1.29 is 29.3 Å². The molecule has 1 saturated heterocycles. The average molecular weight is 436 g/mol. The van der Waals surface area contributed by atoms with Crippen LogP contribution in [0.3, 0.4) is 0 Å². The summed E-state index contributed by atoms with van der Waals surface area (Å²) >= 11 is 0. The SMILES string of the molecule is Cc1ccc(CC2CN(CC=O)CCN(CC(=O)O)CCOCCN2CC(=O)O)cc1. The van der Waals surface area contributed by atoms with Gasteiger partial charge in [-0.25, -0.2) is 0 Å². The number of aldehydes is 1. The number of carbonyl (C=O) groups is 3. The van der Waals surface area contributed by atoms with Crippen LogP contribution in [0, 0.1) is 6.92 Å². The highest BCUT2D eigenvalue weighted by molar-refractivity contribution is 5.69. The number of carboxylic acid groups (broad SMARTS) is 2. The molecular weight excluding hydrogens is 402 g/mol. The van der Waals surface area contributed by atoms with E-state index in [-0.39, 0.29) is 25.7 Å². The summed E-state index contributed by atoms with van der Waals surface area (Å²) in [5.74, 6) is -1.81. The zero-order chi connectivity index (χ0) is 22.6. The minimum Gasteiger partial charge on any atom is -0.480 e. The van der Waals surface area contributed by atoms with Gasteiger partial charge in [0.15, 0.2) is 0 Å². The Bertz CT molecular complexity index is 712. The lowest BCUT2D eigenvalue weighted by atomic mass is 10.0. The van der Waals surface area contributed by atoms with Gasteiger partial charge in [-0.15, -0.1) is 0 Å². The van der Waals surface area contributed by atoms with Crippen molar-refractivity contribution in [2.75, 3.05) is 65.6 Å². The molecule has 9 heteroatoms. The summed E-state index contributed by atoms with van der Waals surface area (Å²) in [6.45, 7) is 5.15. The van der Waals surface area contributed by atoms with Gasteiger partial charge in [-0.05, 0) is 18.9 Å². The lowest BCUT2D eigenvalue weighted by molar-refractivity contribution is -0.139. The molecule has 9 nitrogen and oxygen atoms in total. The molecule has 0 bridgehead atoms. The van der Waals surface area contributed by atoms with Gasteiger partial charge in [0, 0.05) is 38.8 Å². The minimum absolute atomic E-state index is 0.0871. The van der Waals surface area contributed by atoms with Crippen LogP contribution in [0.4, 0.5) is 0 Å². The van der Waals surface area contributed by atoms with Crippen LogP contribution in [0.1, 0.15) is 11.1 Å². The summed E-state index contributed by atoms with van der Waals surface area (Å²) in [5, 5.41) is 18.6. The third-order valence-electron chi connectivity index (χ3n) is 5.41. The van der Waals surface area contributed by atoms with E-state index in [1.165, 1.54) is 0 Å². The maximum absolute atomic E-state index is 11.5. The number of aliphatic carboxylic acids is 2. The number of carbonyl (C=O) groups excluding carboxylic acids is 1. The van der Waals surface area contributed by atoms with Crippen LogP contribution < -0.4 is 0 Å². The highest BCUT2D eigenvalue weighted by Crippen LogP contribution is 2.13. The zero-order valence-corrected chi connectivity index (χ0v) is 18.1. The molecule has 0 aliphatic carbocycles. The van der Waals surface area contributed by atoms with Crippen molar-refractivity contribution in [2.45, 2.75) is 19.4 Å². The molecule has 1 fully saturated rings. The van der Waals surface area contributed by atoms with Gasteiger partial charge in [0.1, 0.15) is 6.29 Å². The van der Waals surface area contributed by atoms with Crippen molar-refractivity contribution >= 4 is 18.2 Å². The smallest absolute Gasteiger partial charge is 0.317 e. The molecule has 0 amide bonds. The summed E-state index contributed by atoms with van der Waals surface area (Å²) < 4.78 is 5.68. The quantitative estimate of drug-likeness (QED) is 0.554. The topological polar surface area (TPSA) is 111 Å². The van der Waals surface area contributed by atoms with Crippen LogP contribution in [0.15, 0.2) is 24.3 Å². The molecule has 1 heterocycles. The van der Waals surface area contributed by atoms with Crippen molar-refractivity contribution in [1.29, 1.82) is 0 Å². The fourth-order valence-corrected chi connectivity index (χ4v) is 3.75.